The maximum atomic E-state index is 5.94. The van der Waals surface area contributed by atoms with Crippen LogP contribution in [0.4, 0.5) is 0 Å². The van der Waals surface area contributed by atoms with Crippen molar-refractivity contribution in [3.8, 4) is 0 Å². The Hall–Kier alpha value is -1.06. The number of aromatic amines is 1. The van der Waals surface area contributed by atoms with E-state index in [1.807, 2.05) is 18.2 Å². The number of fused-ring (bicyclic) bond motifs is 1. The van der Waals surface area contributed by atoms with Gasteiger partial charge in [0.25, 0.3) is 0 Å². The normalized spacial score (nSPS) is 15.6. The van der Waals surface area contributed by atoms with Crippen LogP contribution in [0.15, 0.2) is 18.2 Å². The highest BCUT2D eigenvalue weighted by atomic mass is 35.5. The lowest BCUT2D eigenvalue weighted by molar-refractivity contribution is 0.630. The Morgan fingerprint density at radius 1 is 1.41 bits per heavy atom. The number of nitrogens with one attached hydrogen (secondary N) is 2. The number of benzene rings is 1. The molecule has 2 N–H and O–H groups in total. The second-order valence-corrected chi connectivity index (χ2v) is 5.18. The topological polar surface area (TPSA) is 40.7 Å². The molecular weight excluding hydrogens is 234 g/mol. The van der Waals surface area contributed by atoms with E-state index >= 15 is 0 Å². The summed E-state index contributed by atoms with van der Waals surface area (Å²) in [5, 5.41) is 4.22. The fourth-order valence-electron chi connectivity index (χ4n) is 1.99. The van der Waals surface area contributed by atoms with Crippen LogP contribution in [0.5, 0.6) is 0 Å². The van der Waals surface area contributed by atoms with E-state index in [0.29, 0.717) is 0 Å². The molecule has 0 unspecified atom stereocenters. The Balaban J connectivity index is 1.60. The zero-order valence-electron chi connectivity index (χ0n) is 9.67. The minimum Gasteiger partial charge on any atom is -0.342 e. The lowest BCUT2D eigenvalue weighted by atomic mass is 10.3. The Bertz CT molecular complexity index is 516. The van der Waals surface area contributed by atoms with Crippen molar-refractivity contribution in [2.45, 2.75) is 19.3 Å². The smallest absolute Gasteiger partial charge is 0.108 e. The molecule has 0 aliphatic heterocycles. The van der Waals surface area contributed by atoms with Crippen LogP contribution in [0.2, 0.25) is 5.02 Å². The van der Waals surface area contributed by atoms with Crippen LogP contribution in [-0.2, 0) is 6.42 Å². The summed E-state index contributed by atoms with van der Waals surface area (Å²) in [7, 11) is 0. The Morgan fingerprint density at radius 2 is 2.29 bits per heavy atom. The molecular formula is C13H16ClN3. The van der Waals surface area contributed by atoms with E-state index < -0.39 is 0 Å². The summed E-state index contributed by atoms with van der Waals surface area (Å²) in [5.41, 5.74) is 2.02. The number of halogens is 1. The standard InChI is InChI=1S/C13H16ClN3/c14-10-3-4-11-12(7-10)17-13(16-11)5-6-15-8-9-1-2-9/h3-4,7,9,15H,1-2,5-6,8H2,(H,16,17). The first-order valence-corrected chi connectivity index (χ1v) is 6.54. The van der Waals surface area contributed by atoms with Crippen molar-refractivity contribution in [2.75, 3.05) is 13.1 Å². The molecule has 1 fully saturated rings. The first-order chi connectivity index (χ1) is 8.31. The predicted octanol–water partition coefficient (Wildman–Crippen LogP) is 2.76. The maximum absolute atomic E-state index is 5.94. The maximum Gasteiger partial charge on any atom is 0.108 e. The molecule has 0 bridgehead atoms. The molecule has 1 aromatic carbocycles. The van der Waals surface area contributed by atoms with E-state index in [4.69, 9.17) is 11.6 Å². The molecule has 0 atom stereocenters. The number of imidazole rings is 1. The summed E-state index contributed by atoms with van der Waals surface area (Å²) in [6.45, 7) is 2.15. The summed E-state index contributed by atoms with van der Waals surface area (Å²) < 4.78 is 0. The quantitative estimate of drug-likeness (QED) is 0.800. The van der Waals surface area contributed by atoms with E-state index in [9.17, 15) is 0 Å². The molecule has 3 rings (SSSR count). The van der Waals surface area contributed by atoms with Crippen molar-refractivity contribution in [3.05, 3.63) is 29.0 Å². The van der Waals surface area contributed by atoms with Gasteiger partial charge in [-0.2, -0.15) is 0 Å². The highest BCUT2D eigenvalue weighted by Crippen LogP contribution is 2.27. The van der Waals surface area contributed by atoms with Crippen molar-refractivity contribution in [2.24, 2.45) is 5.92 Å². The van der Waals surface area contributed by atoms with Gasteiger partial charge in [-0.25, -0.2) is 4.98 Å². The second kappa shape index (κ2) is 4.67. The molecule has 17 heavy (non-hydrogen) atoms. The van der Waals surface area contributed by atoms with E-state index in [2.05, 4.69) is 15.3 Å². The van der Waals surface area contributed by atoms with Gasteiger partial charge in [0, 0.05) is 18.0 Å². The fraction of sp³-hybridized carbons (Fsp3) is 0.462. The van der Waals surface area contributed by atoms with Gasteiger partial charge in [-0.15, -0.1) is 0 Å². The number of aromatic nitrogens is 2. The molecule has 1 heterocycles. The summed E-state index contributed by atoms with van der Waals surface area (Å²) in [6, 6.07) is 5.75. The van der Waals surface area contributed by atoms with E-state index in [1.165, 1.54) is 12.8 Å². The highest BCUT2D eigenvalue weighted by Gasteiger charge is 2.19. The molecule has 1 aromatic heterocycles. The molecule has 0 saturated heterocycles. The van der Waals surface area contributed by atoms with Crippen LogP contribution >= 0.6 is 11.6 Å². The van der Waals surface area contributed by atoms with Gasteiger partial charge in [0.05, 0.1) is 11.0 Å². The van der Waals surface area contributed by atoms with Gasteiger partial charge in [-0.3, -0.25) is 0 Å². The molecule has 3 nitrogen and oxygen atoms in total. The lowest BCUT2D eigenvalue weighted by Gasteiger charge is -2.00. The van der Waals surface area contributed by atoms with Crippen LogP contribution < -0.4 is 5.32 Å². The number of H-pyrrole nitrogens is 1. The van der Waals surface area contributed by atoms with Crippen LogP contribution in [-0.4, -0.2) is 23.1 Å². The highest BCUT2D eigenvalue weighted by molar-refractivity contribution is 6.31. The van der Waals surface area contributed by atoms with Crippen LogP contribution in [0.1, 0.15) is 18.7 Å². The minimum atomic E-state index is 0.750. The zero-order chi connectivity index (χ0) is 11.7. The zero-order valence-corrected chi connectivity index (χ0v) is 10.4. The summed E-state index contributed by atoms with van der Waals surface area (Å²) in [4.78, 5) is 7.84. The number of nitrogens with zero attached hydrogens (tertiary/aromatic N) is 1. The van der Waals surface area contributed by atoms with Gasteiger partial charge in [-0.1, -0.05) is 11.6 Å². The molecule has 0 spiro atoms. The number of rotatable bonds is 5. The lowest BCUT2D eigenvalue weighted by Crippen LogP contribution is -2.20. The van der Waals surface area contributed by atoms with E-state index in [-0.39, 0.29) is 0 Å². The Morgan fingerprint density at radius 3 is 3.12 bits per heavy atom. The molecule has 4 heteroatoms. The third kappa shape index (κ3) is 2.79. The first-order valence-electron chi connectivity index (χ1n) is 6.16. The summed E-state index contributed by atoms with van der Waals surface area (Å²) in [5.74, 6) is 1.97. The Labute approximate surface area is 106 Å². The van der Waals surface area contributed by atoms with Crippen LogP contribution in [0.3, 0.4) is 0 Å². The van der Waals surface area contributed by atoms with Gasteiger partial charge in [0.2, 0.25) is 0 Å². The van der Waals surface area contributed by atoms with Gasteiger partial charge in [-0.05, 0) is 43.5 Å². The fourth-order valence-corrected chi connectivity index (χ4v) is 2.16. The molecule has 1 saturated carbocycles. The van der Waals surface area contributed by atoms with Crippen molar-refractivity contribution in [3.63, 3.8) is 0 Å². The molecule has 1 aliphatic rings. The van der Waals surface area contributed by atoms with Gasteiger partial charge in [0.1, 0.15) is 5.82 Å². The summed E-state index contributed by atoms with van der Waals surface area (Å²) >= 11 is 5.94. The first kappa shape index (κ1) is 11.1. The molecule has 0 amide bonds. The molecule has 0 radical (unpaired) electrons. The second-order valence-electron chi connectivity index (χ2n) is 4.74. The van der Waals surface area contributed by atoms with E-state index in [0.717, 1.165) is 47.3 Å². The van der Waals surface area contributed by atoms with Crippen molar-refractivity contribution in [1.82, 2.24) is 15.3 Å². The van der Waals surface area contributed by atoms with Gasteiger partial charge < -0.3 is 10.3 Å². The van der Waals surface area contributed by atoms with Crippen LogP contribution in [0, 0.1) is 5.92 Å². The average Bonchev–Trinajstić information content (AvgIpc) is 3.04. The van der Waals surface area contributed by atoms with Gasteiger partial charge in [0.15, 0.2) is 0 Å². The molecule has 2 aromatic rings. The van der Waals surface area contributed by atoms with Crippen molar-refractivity contribution < 1.29 is 0 Å². The van der Waals surface area contributed by atoms with Crippen molar-refractivity contribution in [1.29, 1.82) is 0 Å². The third-order valence-electron chi connectivity index (χ3n) is 3.16. The summed E-state index contributed by atoms with van der Waals surface area (Å²) in [6.07, 6.45) is 3.74. The number of hydrogen-bond acceptors (Lipinski definition) is 2. The van der Waals surface area contributed by atoms with Crippen LogP contribution in [0.25, 0.3) is 11.0 Å². The molecule has 90 valence electrons. The van der Waals surface area contributed by atoms with E-state index in [1.54, 1.807) is 0 Å². The monoisotopic (exact) mass is 249 g/mol. The predicted molar refractivity (Wildman–Crippen MR) is 70.4 cm³/mol. The average molecular weight is 250 g/mol. The Kier molecular flexibility index (Phi) is 3.04. The van der Waals surface area contributed by atoms with Gasteiger partial charge >= 0.3 is 0 Å². The minimum absolute atomic E-state index is 0.750. The largest absolute Gasteiger partial charge is 0.342 e. The third-order valence-corrected chi connectivity index (χ3v) is 3.40. The SMILES string of the molecule is Clc1ccc2nc(CCNCC3CC3)[nH]c2c1. The van der Waals surface area contributed by atoms with Crippen molar-refractivity contribution >= 4 is 22.6 Å². The molecule has 1 aliphatic carbocycles. The number of hydrogen-bond donors (Lipinski definition) is 2.